The van der Waals surface area contributed by atoms with Crippen LogP contribution in [-0.2, 0) is 0 Å². The Kier molecular flexibility index (Phi) is 4.96. The average molecular weight is 140 g/mol. The highest BCUT2D eigenvalue weighted by atomic mass is 14.9. The number of nitrogens with zero attached hydrogens (tertiary/aromatic N) is 1. The summed E-state index contributed by atoms with van der Waals surface area (Å²) in [6, 6.07) is 2.53. The molecule has 0 amide bonds. The Labute approximate surface area is 63.2 Å². The monoisotopic (exact) mass is 140 g/mol. The third-order valence-electron chi connectivity index (χ3n) is 1.35. The van der Waals surface area contributed by atoms with Crippen molar-refractivity contribution in [2.45, 2.75) is 33.2 Å². The van der Waals surface area contributed by atoms with Gasteiger partial charge >= 0.3 is 0 Å². The molecule has 1 unspecified atom stereocenters. The van der Waals surface area contributed by atoms with Gasteiger partial charge < -0.3 is 5.32 Å². The first-order valence-corrected chi connectivity index (χ1v) is 3.77. The molecular formula is C8H16N2. The summed E-state index contributed by atoms with van der Waals surface area (Å²) in [6.45, 7) is 6.94. The van der Waals surface area contributed by atoms with Gasteiger partial charge in [-0.25, -0.2) is 0 Å². The molecule has 0 aromatic heterocycles. The fourth-order valence-electron chi connectivity index (χ4n) is 1.01. The summed E-state index contributed by atoms with van der Waals surface area (Å²) < 4.78 is 0. The molecule has 0 radical (unpaired) electrons. The first kappa shape index (κ1) is 9.45. The molecule has 0 aliphatic carbocycles. The summed E-state index contributed by atoms with van der Waals surface area (Å²) in [5.41, 5.74) is 0. The largest absolute Gasteiger partial charge is 0.302 e. The van der Waals surface area contributed by atoms with Crippen LogP contribution in [0.2, 0.25) is 0 Å². The molecule has 0 aliphatic rings. The summed E-state index contributed by atoms with van der Waals surface area (Å²) >= 11 is 0. The third-order valence-corrected chi connectivity index (χ3v) is 1.35. The SMILES string of the molecule is CC(C)CC(C)NCC#N. The molecule has 10 heavy (non-hydrogen) atoms. The predicted octanol–water partition coefficient (Wildman–Crippen LogP) is 1.53. The van der Waals surface area contributed by atoms with E-state index in [1.165, 1.54) is 0 Å². The van der Waals surface area contributed by atoms with Gasteiger partial charge in [0.2, 0.25) is 0 Å². The van der Waals surface area contributed by atoms with Crippen LogP contribution in [0.3, 0.4) is 0 Å². The molecule has 0 spiro atoms. The van der Waals surface area contributed by atoms with E-state index in [-0.39, 0.29) is 0 Å². The predicted molar refractivity (Wildman–Crippen MR) is 42.5 cm³/mol. The molecule has 0 heterocycles. The van der Waals surface area contributed by atoms with E-state index in [4.69, 9.17) is 5.26 Å². The van der Waals surface area contributed by atoms with Gasteiger partial charge in [0.15, 0.2) is 0 Å². The minimum absolute atomic E-state index is 0.466. The zero-order valence-corrected chi connectivity index (χ0v) is 7.02. The molecule has 0 aromatic carbocycles. The molecule has 0 saturated carbocycles. The highest BCUT2D eigenvalue weighted by Crippen LogP contribution is 2.02. The lowest BCUT2D eigenvalue weighted by molar-refractivity contribution is 0.459. The molecule has 0 saturated heterocycles. The molecule has 2 heteroatoms. The Hall–Kier alpha value is -0.550. The second-order valence-corrected chi connectivity index (χ2v) is 3.07. The maximum absolute atomic E-state index is 8.24. The summed E-state index contributed by atoms with van der Waals surface area (Å²) in [4.78, 5) is 0. The Balaban J connectivity index is 3.27. The molecule has 1 atom stereocenters. The van der Waals surface area contributed by atoms with E-state index in [1.54, 1.807) is 0 Å². The van der Waals surface area contributed by atoms with Crippen LogP contribution in [0.15, 0.2) is 0 Å². The van der Waals surface area contributed by atoms with Crippen molar-refractivity contribution in [3.63, 3.8) is 0 Å². The fraction of sp³-hybridized carbons (Fsp3) is 0.875. The quantitative estimate of drug-likeness (QED) is 0.601. The molecular weight excluding hydrogens is 124 g/mol. The zero-order chi connectivity index (χ0) is 7.98. The van der Waals surface area contributed by atoms with Crippen molar-refractivity contribution >= 4 is 0 Å². The third kappa shape index (κ3) is 5.58. The van der Waals surface area contributed by atoms with E-state index >= 15 is 0 Å². The van der Waals surface area contributed by atoms with E-state index in [0.29, 0.717) is 18.5 Å². The molecule has 1 N–H and O–H groups in total. The van der Waals surface area contributed by atoms with Crippen molar-refractivity contribution in [2.24, 2.45) is 5.92 Å². The van der Waals surface area contributed by atoms with Crippen molar-refractivity contribution in [1.82, 2.24) is 5.32 Å². The van der Waals surface area contributed by atoms with Gasteiger partial charge in [-0.2, -0.15) is 5.26 Å². The first-order valence-electron chi connectivity index (χ1n) is 3.77. The molecule has 2 nitrogen and oxygen atoms in total. The molecule has 0 fully saturated rings. The average Bonchev–Trinajstić information content (AvgIpc) is 1.82. The summed E-state index contributed by atoms with van der Waals surface area (Å²) in [7, 11) is 0. The molecule has 0 rings (SSSR count). The highest BCUT2D eigenvalue weighted by molar-refractivity contribution is 4.75. The van der Waals surface area contributed by atoms with Crippen molar-refractivity contribution in [3.05, 3.63) is 0 Å². The maximum Gasteiger partial charge on any atom is 0.0842 e. The Bertz CT molecular complexity index is 113. The van der Waals surface area contributed by atoms with E-state index in [2.05, 4.69) is 32.2 Å². The second kappa shape index (κ2) is 5.25. The van der Waals surface area contributed by atoms with Crippen LogP contribution in [0.25, 0.3) is 0 Å². The van der Waals surface area contributed by atoms with Crippen LogP contribution < -0.4 is 5.32 Å². The van der Waals surface area contributed by atoms with E-state index in [0.717, 1.165) is 6.42 Å². The van der Waals surface area contributed by atoms with Crippen LogP contribution in [0.1, 0.15) is 27.2 Å². The van der Waals surface area contributed by atoms with Crippen LogP contribution in [0.5, 0.6) is 0 Å². The van der Waals surface area contributed by atoms with Crippen LogP contribution in [0.4, 0.5) is 0 Å². The van der Waals surface area contributed by atoms with Gasteiger partial charge in [0.05, 0.1) is 12.6 Å². The summed E-state index contributed by atoms with van der Waals surface area (Å²) in [6.07, 6.45) is 1.14. The first-order chi connectivity index (χ1) is 4.66. The van der Waals surface area contributed by atoms with Gasteiger partial charge in [-0.15, -0.1) is 0 Å². The standard InChI is InChI=1S/C8H16N2/c1-7(2)6-8(3)10-5-4-9/h7-8,10H,5-6H2,1-3H3. The maximum atomic E-state index is 8.24. The number of nitriles is 1. The van der Waals surface area contributed by atoms with Gasteiger partial charge in [0, 0.05) is 6.04 Å². The number of rotatable bonds is 4. The molecule has 0 aliphatic heterocycles. The lowest BCUT2D eigenvalue weighted by atomic mass is 10.1. The highest BCUT2D eigenvalue weighted by Gasteiger charge is 2.01. The minimum atomic E-state index is 0.466. The van der Waals surface area contributed by atoms with Crippen LogP contribution in [0, 0.1) is 17.2 Å². The normalized spacial score (nSPS) is 13.1. The Morgan fingerprint density at radius 2 is 2.00 bits per heavy atom. The summed E-state index contributed by atoms with van der Waals surface area (Å²) in [5, 5.41) is 11.3. The summed E-state index contributed by atoms with van der Waals surface area (Å²) in [5.74, 6) is 0.709. The fourth-order valence-corrected chi connectivity index (χ4v) is 1.01. The van der Waals surface area contributed by atoms with Gasteiger partial charge in [-0.05, 0) is 19.3 Å². The van der Waals surface area contributed by atoms with Crippen LogP contribution >= 0.6 is 0 Å². The second-order valence-electron chi connectivity index (χ2n) is 3.07. The topological polar surface area (TPSA) is 35.8 Å². The van der Waals surface area contributed by atoms with Crippen molar-refractivity contribution < 1.29 is 0 Å². The molecule has 0 aromatic rings. The zero-order valence-electron chi connectivity index (χ0n) is 7.02. The van der Waals surface area contributed by atoms with Gasteiger partial charge in [0.25, 0.3) is 0 Å². The smallest absolute Gasteiger partial charge is 0.0842 e. The van der Waals surface area contributed by atoms with Crippen LogP contribution in [-0.4, -0.2) is 12.6 Å². The van der Waals surface area contributed by atoms with E-state index < -0.39 is 0 Å². The van der Waals surface area contributed by atoms with Gasteiger partial charge in [-0.3, -0.25) is 0 Å². The molecule has 0 bridgehead atoms. The Morgan fingerprint density at radius 1 is 1.40 bits per heavy atom. The van der Waals surface area contributed by atoms with Crippen molar-refractivity contribution in [1.29, 1.82) is 5.26 Å². The van der Waals surface area contributed by atoms with Gasteiger partial charge in [-0.1, -0.05) is 13.8 Å². The van der Waals surface area contributed by atoms with Gasteiger partial charge in [0.1, 0.15) is 0 Å². The van der Waals surface area contributed by atoms with Crippen molar-refractivity contribution in [3.8, 4) is 6.07 Å². The number of hydrogen-bond donors (Lipinski definition) is 1. The number of nitrogens with one attached hydrogen (secondary N) is 1. The minimum Gasteiger partial charge on any atom is -0.302 e. The lowest BCUT2D eigenvalue weighted by Crippen LogP contribution is -2.27. The molecule has 58 valence electrons. The number of hydrogen-bond acceptors (Lipinski definition) is 2. The van der Waals surface area contributed by atoms with E-state index in [1.807, 2.05) is 0 Å². The van der Waals surface area contributed by atoms with Crippen molar-refractivity contribution in [2.75, 3.05) is 6.54 Å². The lowest BCUT2D eigenvalue weighted by Gasteiger charge is -2.12. The van der Waals surface area contributed by atoms with E-state index in [9.17, 15) is 0 Å². The Morgan fingerprint density at radius 3 is 2.40 bits per heavy atom.